The predicted octanol–water partition coefficient (Wildman–Crippen LogP) is 3.67. The number of hydrogen-bond donors (Lipinski definition) is 2. The maximum Gasteiger partial charge on any atom is 0.294 e. The Bertz CT molecular complexity index is 856. The van der Waals surface area contributed by atoms with Crippen LogP contribution in [0, 0.1) is 10.1 Å². The number of benzene rings is 2. The van der Waals surface area contributed by atoms with E-state index in [1.807, 2.05) is 4.90 Å². The highest BCUT2D eigenvalue weighted by molar-refractivity contribution is 9.10. The summed E-state index contributed by atoms with van der Waals surface area (Å²) in [5, 5.41) is 17.7. The quantitative estimate of drug-likeness (QED) is 0.560. The van der Waals surface area contributed by atoms with Gasteiger partial charge in [0.2, 0.25) is 0 Å². The average Bonchev–Trinajstić information content (AvgIpc) is 2.64. The molecular formula is C17H16BrClN4O3. The van der Waals surface area contributed by atoms with Crippen LogP contribution in [0.15, 0.2) is 40.9 Å². The van der Waals surface area contributed by atoms with Crippen molar-refractivity contribution in [3.05, 3.63) is 61.6 Å². The molecule has 0 unspecified atom stereocenters. The van der Waals surface area contributed by atoms with Crippen molar-refractivity contribution in [2.24, 2.45) is 0 Å². The first kappa shape index (κ1) is 18.6. The van der Waals surface area contributed by atoms with E-state index >= 15 is 0 Å². The summed E-state index contributed by atoms with van der Waals surface area (Å²) in [6.45, 7) is 2.94. The van der Waals surface area contributed by atoms with Gasteiger partial charge in [0.15, 0.2) is 0 Å². The van der Waals surface area contributed by atoms with E-state index in [9.17, 15) is 14.9 Å². The van der Waals surface area contributed by atoms with Crippen LogP contribution >= 0.6 is 27.5 Å². The van der Waals surface area contributed by atoms with Crippen LogP contribution in [0.1, 0.15) is 10.4 Å². The highest BCUT2D eigenvalue weighted by Crippen LogP contribution is 2.32. The molecule has 0 aliphatic carbocycles. The maximum absolute atomic E-state index is 12.4. The van der Waals surface area contributed by atoms with Gasteiger partial charge in [0.05, 0.1) is 15.5 Å². The highest BCUT2D eigenvalue weighted by Gasteiger charge is 2.22. The number of carbonyl (C=O) groups excluding carboxylic acids is 1. The number of nitrogens with one attached hydrogen (secondary N) is 2. The van der Waals surface area contributed by atoms with Gasteiger partial charge in [0, 0.05) is 42.4 Å². The van der Waals surface area contributed by atoms with E-state index in [1.165, 1.54) is 6.07 Å². The molecule has 7 nitrogen and oxygen atoms in total. The van der Waals surface area contributed by atoms with Crippen molar-refractivity contribution in [3.8, 4) is 0 Å². The fourth-order valence-electron chi connectivity index (χ4n) is 2.79. The van der Waals surface area contributed by atoms with E-state index in [4.69, 9.17) is 11.6 Å². The summed E-state index contributed by atoms with van der Waals surface area (Å²) in [4.78, 5) is 25.5. The molecule has 1 saturated heterocycles. The van der Waals surface area contributed by atoms with Crippen molar-refractivity contribution < 1.29 is 9.72 Å². The van der Waals surface area contributed by atoms with E-state index in [-0.39, 0.29) is 11.3 Å². The average molecular weight is 440 g/mol. The molecule has 0 radical (unpaired) electrons. The molecule has 1 heterocycles. The van der Waals surface area contributed by atoms with Gasteiger partial charge in [-0.25, -0.2) is 0 Å². The summed E-state index contributed by atoms with van der Waals surface area (Å²) in [5.74, 6) is -0.430. The van der Waals surface area contributed by atoms with Crippen molar-refractivity contribution in [3.63, 3.8) is 0 Å². The largest absolute Gasteiger partial charge is 0.363 e. The van der Waals surface area contributed by atoms with E-state index in [2.05, 4.69) is 26.6 Å². The van der Waals surface area contributed by atoms with Crippen LogP contribution in [-0.4, -0.2) is 37.0 Å². The Kier molecular flexibility index (Phi) is 5.75. The molecule has 2 N–H and O–H groups in total. The number of halogens is 2. The lowest BCUT2D eigenvalue weighted by Gasteiger charge is -2.29. The first-order chi connectivity index (χ1) is 12.5. The molecule has 1 aliphatic heterocycles. The standard InChI is InChI=1S/C17H16BrClN4O3/c18-11-1-3-14(19)13(9-11)17(24)21-12-2-4-15(16(10-12)23(25)26)22-7-5-20-6-8-22/h1-4,9-10,20H,5-8H2,(H,21,24). The zero-order valence-corrected chi connectivity index (χ0v) is 16.0. The van der Waals surface area contributed by atoms with E-state index < -0.39 is 10.8 Å². The van der Waals surface area contributed by atoms with Crippen LogP contribution in [0.5, 0.6) is 0 Å². The normalized spacial score (nSPS) is 14.2. The summed E-state index contributed by atoms with van der Waals surface area (Å²) in [6, 6.07) is 9.64. The molecule has 3 rings (SSSR count). The Morgan fingerprint density at radius 1 is 1.23 bits per heavy atom. The summed E-state index contributed by atoms with van der Waals surface area (Å²) in [5.41, 5.74) is 1.14. The number of nitro benzene ring substituents is 1. The number of nitrogens with zero attached hydrogens (tertiary/aromatic N) is 2. The second-order valence-electron chi connectivity index (χ2n) is 5.78. The molecule has 1 aliphatic rings. The van der Waals surface area contributed by atoms with Crippen molar-refractivity contribution in [1.29, 1.82) is 0 Å². The van der Waals surface area contributed by atoms with E-state index in [0.717, 1.165) is 13.1 Å². The van der Waals surface area contributed by atoms with Gasteiger partial charge in [0.25, 0.3) is 11.6 Å². The van der Waals surface area contributed by atoms with E-state index in [1.54, 1.807) is 30.3 Å². The lowest BCUT2D eigenvalue weighted by atomic mass is 10.1. The second kappa shape index (κ2) is 8.03. The molecule has 0 bridgehead atoms. The van der Waals surface area contributed by atoms with Gasteiger partial charge in [-0.05, 0) is 30.3 Å². The number of anilines is 2. The van der Waals surface area contributed by atoms with Gasteiger partial charge < -0.3 is 15.5 Å². The summed E-state index contributed by atoms with van der Waals surface area (Å²) >= 11 is 9.36. The smallest absolute Gasteiger partial charge is 0.294 e. The summed E-state index contributed by atoms with van der Waals surface area (Å²) in [6.07, 6.45) is 0. The molecule has 0 spiro atoms. The third kappa shape index (κ3) is 4.14. The molecule has 2 aromatic rings. The topological polar surface area (TPSA) is 87.5 Å². The molecule has 0 aromatic heterocycles. The number of nitro groups is 1. The number of carbonyl (C=O) groups is 1. The minimum absolute atomic E-state index is 0.0370. The van der Waals surface area contributed by atoms with E-state index in [0.29, 0.717) is 34.0 Å². The number of hydrogen-bond acceptors (Lipinski definition) is 5. The van der Waals surface area contributed by atoms with Gasteiger partial charge in [0.1, 0.15) is 5.69 Å². The van der Waals surface area contributed by atoms with Crippen molar-refractivity contribution >= 4 is 50.5 Å². The Morgan fingerprint density at radius 3 is 2.65 bits per heavy atom. The lowest BCUT2D eigenvalue weighted by Crippen LogP contribution is -2.43. The second-order valence-corrected chi connectivity index (χ2v) is 7.10. The van der Waals surface area contributed by atoms with Gasteiger partial charge in [-0.2, -0.15) is 0 Å². The Morgan fingerprint density at radius 2 is 1.96 bits per heavy atom. The van der Waals surface area contributed by atoms with Crippen molar-refractivity contribution in [2.75, 3.05) is 36.4 Å². The number of rotatable bonds is 4. The molecule has 136 valence electrons. The molecule has 2 aromatic carbocycles. The van der Waals surface area contributed by atoms with Crippen molar-refractivity contribution in [2.45, 2.75) is 0 Å². The summed E-state index contributed by atoms with van der Waals surface area (Å²) in [7, 11) is 0. The Balaban J connectivity index is 1.86. The zero-order valence-electron chi connectivity index (χ0n) is 13.7. The fraction of sp³-hybridized carbons (Fsp3) is 0.235. The first-order valence-corrected chi connectivity index (χ1v) is 9.13. The minimum atomic E-state index is -0.431. The number of piperazine rings is 1. The molecule has 0 atom stereocenters. The van der Waals surface area contributed by atoms with Crippen LogP contribution in [-0.2, 0) is 0 Å². The van der Waals surface area contributed by atoms with Gasteiger partial charge in [-0.1, -0.05) is 27.5 Å². The molecule has 1 amide bonds. The van der Waals surface area contributed by atoms with Crippen LogP contribution < -0.4 is 15.5 Å². The van der Waals surface area contributed by atoms with Crippen molar-refractivity contribution in [1.82, 2.24) is 5.32 Å². The molecule has 9 heteroatoms. The predicted molar refractivity (Wildman–Crippen MR) is 105 cm³/mol. The lowest BCUT2D eigenvalue weighted by molar-refractivity contribution is -0.384. The van der Waals surface area contributed by atoms with Crippen LogP contribution in [0.3, 0.4) is 0 Å². The summed E-state index contributed by atoms with van der Waals surface area (Å²) < 4.78 is 0.715. The zero-order chi connectivity index (χ0) is 18.7. The maximum atomic E-state index is 12.4. The Labute approximate surface area is 163 Å². The molecular weight excluding hydrogens is 424 g/mol. The third-order valence-electron chi connectivity index (χ3n) is 4.06. The highest BCUT2D eigenvalue weighted by atomic mass is 79.9. The minimum Gasteiger partial charge on any atom is -0.363 e. The fourth-order valence-corrected chi connectivity index (χ4v) is 3.35. The SMILES string of the molecule is O=C(Nc1ccc(N2CCNCC2)c([N+](=O)[O-])c1)c1cc(Br)ccc1Cl. The third-order valence-corrected chi connectivity index (χ3v) is 4.88. The molecule has 1 fully saturated rings. The first-order valence-electron chi connectivity index (χ1n) is 7.96. The van der Waals surface area contributed by atoms with Crippen LogP contribution in [0.25, 0.3) is 0 Å². The van der Waals surface area contributed by atoms with Crippen LogP contribution in [0.2, 0.25) is 5.02 Å². The van der Waals surface area contributed by atoms with Gasteiger partial charge >= 0.3 is 0 Å². The van der Waals surface area contributed by atoms with Crippen LogP contribution in [0.4, 0.5) is 17.1 Å². The van der Waals surface area contributed by atoms with Gasteiger partial charge in [-0.3, -0.25) is 14.9 Å². The molecule has 26 heavy (non-hydrogen) atoms. The number of amides is 1. The monoisotopic (exact) mass is 438 g/mol. The Hall–Kier alpha value is -2.16. The van der Waals surface area contributed by atoms with Gasteiger partial charge in [-0.15, -0.1) is 0 Å². The molecule has 0 saturated carbocycles.